The Balaban J connectivity index is 2.90. The monoisotopic (exact) mass is 213 g/mol. The molecule has 0 aliphatic rings. The summed E-state index contributed by atoms with van der Waals surface area (Å²) in [4.78, 5) is 0. The maximum Gasteiger partial charge on any atom is 0.0484 e. The zero-order valence-electron chi connectivity index (χ0n) is 6.82. The normalized spacial score (nSPS) is 9.73. The Morgan fingerprint density at radius 2 is 2.18 bits per heavy atom. The van der Waals surface area contributed by atoms with Gasteiger partial charge in [-0.1, -0.05) is 6.07 Å². The van der Waals surface area contributed by atoms with Crippen molar-refractivity contribution in [2.24, 2.45) is 0 Å². The lowest BCUT2D eigenvalue weighted by Crippen LogP contribution is -1.96. The molecule has 0 atom stereocenters. The van der Waals surface area contributed by atoms with Gasteiger partial charge in [0.2, 0.25) is 0 Å². The summed E-state index contributed by atoms with van der Waals surface area (Å²) in [7, 11) is 0. The SMILES string of the molecule is CCNc1ccc(C)cc1Br. The molecule has 1 nitrogen and oxygen atoms in total. The van der Waals surface area contributed by atoms with Crippen LogP contribution >= 0.6 is 15.9 Å². The molecular weight excluding hydrogens is 202 g/mol. The summed E-state index contributed by atoms with van der Waals surface area (Å²) in [6.07, 6.45) is 0. The van der Waals surface area contributed by atoms with Gasteiger partial charge in [-0.2, -0.15) is 0 Å². The molecule has 0 aliphatic carbocycles. The molecule has 1 aromatic rings. The first kappa shape index (κ1) is 8.60. The Kier molecular flexibility index (Phi) is 2.94. The van der Waals surface area contributed by atoms with E-state index in [1.54, 1.807) is 0 Å². The molecule has 0 saturated carbocycles. The van der Waals surface area contributed by atoms with Gasteiger partial charge in [-0.25, -0.2) is 0 Å². The lowest BCUT2D eigenvalue weighted by molar-refractivity contribution is 1.20. The fraction of sp³-hybridized carbons (Fsp3) is 0.333. The van der Waals surface area contributed by atoms with E-state index < -0.39 is 0 Å². The quantitative estimate of drug-likeness (QED) is 0.797. The van der Waals surface area contributed by atoms with E-state index in [0.717, 1.165) is 16.7 Å². The third-order valence-corrected chi connectivity index (χ3v) is 2.15. The van der Waals surface area contributed by atoms with E-state index in [1.807, 2.05) is 0 Å². The van der Waals surface area contributed by atoms with Gasteiger partial charge in [0.1, 0.15) is 0 Å². The van der Waals surface area contributed by atoms with Crippen molar-refractivity contribution in [3.8, 4) is 0 Å². The molecule has 60 valence electrons. The highest BCUT2D eigenvalue weighted by Crippen LogP contribution is 2.22. The van der Waals surface area contributed by atoms with Gasteiger partial charge in [0.15, 0.2) is 0 Å². The van der Waals surface area contributed by atoms with Crippen molar-refractivity contribution in [2.45, 2.75) is 13.8 Å². The molecule has 0 aromatic heterocycles. The Hall–Kier alpha value is -0.500. The second kappa shape index (κ2) is 3.77. The van der Waals surface area contributed by atoms with Crippen LogP contribution in [0.25, 0.3) is 0 Å². The molecule has 1 aromatic carbocycles. The van der Waals surface area contributed by atoms with Crippen LogP contribution in [0.2, 0.25) is 0 Å². The van der Waals surface area contributed by atoms with Crippen molar-refractivity contribution in [3.05, 3.63) is 28.2 Å². The second-order valence-corrected chi connectivity index (χ2v) is 3.37. The average Bonchev–Trinajstić information content (AvgIpc) is 1.95. The molecule has 0 heterocycles. The van der Waals surface area contributed by atoms with E-state index >= 15 is 0 Å². The smallest absolute Gasteiger partial charge is 0.0484 e. The summed E-state index contributed by atoms with van der Waals surface area (Å²) in [6, 6.07) is 6.30. The van der Waals surface area contributed by atoms with E-state index in [1.165, 1.54) is 5.56 Å². The van der Waals surface area contributed by atoms with Crippen LogP contribution in [-0.2, 0) is 0 Å². The van der Waals surface area contributed by atoms with Crippen molar-refractivity contribution in [1.29, 1.82) is 0 Å². The van der Waals surface area contributed by atoms with Crippen LogP contribution in [0.5, 0.6) is 0 Å². The number of benzene rings is 1. The number of anilines is 1. The van der Waals surface area contributed by atoms with Gasteiger partial charge < -0.3 is 5.32 Å². The fourth-order valence-electron chi connectivity index (χ4n) is 0.954. The van der Waals surface area contributed by atoms with Gasteiger partial charge in [0.05, 0.1) is 0 Å². The van der Waals surface area contributed by atoms with Gasteiger partial charge in [-0.3, -0.25) is 0 Å². The number of hydrogen-bond donors (Lipinski definition) is 1. The molecule has 1 N–H and O–H groups in total. The first-order valence-electron chi connectivity index (χ1n) is 3.74. The van der Waals surface area contributed by atoms with E-state index in [4.69, 9.17) is 0 Å². The van der Waals surface area contributed by atoms with Crippen LogP contribution in [0.1, 0.15) is 12.5 Å². The van der Waals surface area contributed by atoms with E-state index in [2.05, 4.69) is 53.3 Å². The number of aryl methyl sites for hydroxylation is 1. The zero-order valence-corrected chi connectivity index (χ0v) is 8.40. The van der Waals surface area contributed by atoms with Gasteiger partial charge in [0, 0.05) is 16.7 Å². The predicted molar refractivity (Wildman–Crippen MR) is 53.0 cm³/mol. The molecule has 0 bridgehead atoms. The molecule has 0 unspecified atom stereocenters. The maximum atomic E-state index is 3.49. The minimum Gasteiger partial charge on any atom is -0.384 e. The highest BCUT2D eigenvalue weighted by Gasteiger charge is 1.96. The summed E-state index contributed by atoms with van der Waals surface area (Å²) in [5.41, 5.74) is 2.44. The van der Waals surface area contributed by atoms with E-state index in [0.29, 0.717) is 0 Å². The van der Waals surface area contributed by atoms with Crippen LogP contribution in [-0.4, -0.2) is 6.54 Å². The third-order valence-electron chi connectivity index (χ3n) is 1.49. The van der Waals surface area contributed by atoms with Crippen LogP contribution in [0.4, 0.5) is 5.69 Å². The predicted octanol–water partition coefficient (Wildman–Crippen LogP) is 3.19. The number of nitrogens with one attached hydrogen (secondary N) is 1. The summed E-state index contributed by atoms with van der Waals surface area (Å²) >= 11 is 3.49. The van der Waals surface area contributed by atoms with Crippen molar-refractivity contribution in [1.82, 2.24) is 0 Å². The van der Waals surface area contributed by atoms with Crippen LogP contribution in [0.15, 0.2) is 22.7 Å². The largest absolute Gasteiger partial charge is 0.384 e. The fourth-order valence-corrected chi connectivity index (χ4v) is 1.59. The Bertz CT molecular complexity index is 245. The number of hydrogen-bond acceptors (Lipinski definition) is 1. The molecule has 0 spiro atoms. The Morgan fingerprint density at radius 3 is 2.73 bits per heavy atom. The number of rotatable bonds is 2. The molecule has 0 fully saturated rings. The molecule has 1 rings (SSSR count). The van der Waals surface area contributed by atoms with Crippen LogP contribution in [0, 0.1) is 6.92 Å². The molecule has 11 heavy (non-hydrogen) atoms. The van der Waals surface area contributed by atoms with Gasteiger partial charge in [0.25, 0.3) is 0 Å². The standard InChI is InChI=1S/C9H12BrN/c1-3-11-9-5-4-7(2)6-8(9)10/h4-6,11H,3H2,1-2H3. The first-order chi connectivity index (χ1) is 5.24. The maximum absolute atomic E-state index is 3.49. The molecule has 0 radical (unpaired) electrons. The highest BCUT2D eigenvalue weighted by molar-refractivity contribution is 9.10. The molecule has 0 saturated heterocycles. The molecule has 0 amide bonds. The van der Waals surface area contributed by atoms with E-state index in [9.17, 15) is 0 Å². The highest BCUT2D eigenvalue weighted by atomic mass is 79.9. The topological polar surface area (TPSA) is 12.0 Å². The minimum absolute atomic E-state index is 0.960. The minimum atomic E-state index is 0.960. The van der Waals surface area contributed by atoms with Gasteiger partial charge in [-0.05, 0) is 47.5 Å². The second-order valence-electron chi connectivity index (χ2n) is 2.51. The van der Waals surface area contributed by atoms with Crippen molar-refractivity contribution in [2.75, 3.05) is 11.9 Å². The summed E-state index contributed by atoms with van der Waals surface area (Å²) in [6.45, 7) is 5.13. The van der Waals surface area contributed by atoms with Crippen molar-refractivity contribution in [3.63, 3.8) is 0 Å². The van der Waals surface area contributed by atoms with Gasteiger partial charge in [-0.15, -0.1) is 0 Å². The van der Waals surface area contributed by atoms with Gasteiger partial charge >= 0.3 is 0 Å². The molecule has 0 aliphatic heterocycles. The first-order valence-corrected chi connectivity index (χ1v) is 4.53. The lowest BCUT2D eigenvalue weighted by atomic mass is 10.2. The Labute approximate surface area is 75.9 Å². The summed E-state index contributed by atoms with van der Waals surface area (Å²) in [5, 5.41) is 3.26. The van der Waals surface area contributed by atoms with Crippen LogP contribution < -0.4 is 5.32 Å². The molecule has 2 heteroatoms. The summed E-state index contributed by atoms with van der Waals surface area (Å²) in [5.74, 6) is 0. The van der Waals surface area contributed by atoms with Crippen molar-refractivity contribution < 1.29 is 0 Å². The lowest BCUT2D eigenvalue weighted by Gasteiger charge is -2.05. The Morgan fingerprint density at radius 1 is 1.45 bits per heavy atom. The zero-order chi connectivity index (χ0) is 8.27. The average molecular weight is 214 g/mol. The number of halogens is 1. The molecular formula is C9H12BrN. The van der Waals surface area contributed by atoms with E-state index in [-0.39, 0.29) is 0 Å². The third kappa shape index (κ3) is 2.22. The van der Waals surface area contributed by atoms with Crippen molar-refractivity contribution >= 4 is 21.6 Å². The summed E-state index contributed by atoms with van der Waals surface area (Å²) < 4.78 is 1.14. The van der Waals surface area contributed by atoms with Crippen LogP contribution in [0.3, 0.4) is 0 Å².